The molecule has 2 rings (SSSR count). The molecule has 0 bridgehead atoms. The fraction of sp³-hybridized carbons (Fsp3) is 0. The van der Waals surface area contributed by atoms with Gasteiger partial charge in [-0.05, 0) is 24.3 Å². The first-order valence-corrected chi connectivity index (χ1v) is 5.32. The molecule has 0 aliphatic carbocycles. The molecule has 0 radical (unpaired) electrons. The van der Waals surface area contributed by atoms with Gasteiger partial charge in [0.25, 0.3) is 0 Å². The number of aromatic carboxylic acids is 1. The van der Waals surface area contributed by atoms with E-state index in [1.165, 1.54) is 18.2 Å². The molecule has 0 heterocycles. The van der Waals surface area contributed by atoms with Gasteiger partial charge in [0, 0.05) is 11.8 Å². The van der Waals surface area contributed by atoms with Crippen LogP contribution in [0, 0.1) is 11.6 Å². The Morgan fingerprint density at radius 3 is 2.58 bits per heavy atom. The van der Waals surface area contributed by atoms with Crippen LogP contribution >= 0.6 is 0 Å². The van der Waals surface area contributed by atoms with E-state index < -0.39 is 23.2 Å². The molecule has 98 valence electrons. The minimum absolute atomic E-state index is 0.0584. The molecule has 4 nitrogen and oxygen atoms in total. The third-order valence-electron chi connectivity index (χ3n) is 2.47. The summed E-state index contributed by atoms with van der Waals surface area (Å²) < 4.78 is 26.5. The van der Waals surface area contributed by atoms with Crippen molar-refractivity contribution in [3.05, 3.63) is 53.6 Å². The number of halogens is 2. The van der Waals surface area contributed by atoms with Gasteiger partial charge in [0.05, 0.1) is 16.9 Å². The van der Waals surface area contributed by atoms with Crippen LogP contribution in [0.2, 0.25) is 0 Å². The lowest BCUT2D eigenvalue weighted by molar-refractivity contribution is 0.0692. The number of hydrogen-bond acceptors (Lipinski definition) is 3. The first-order valence-electron chi connectivity index (χ1n) is 5.32. The second-order valence-corrected chi connectivity index (χ2v) is 3.86. The van der Waals surface area contributed by atoms with Gasteiger partial charge in [-0.25, -0.2) is 13.6 Å². The van der Waals surface area contributed by atoms with Crippen molar-refractivity contribution in [2.45, 2.75) is 0 Å². The molecule has 0 fully saturated rings. The molecule has 2 aromatic carbocycles. The molecule has 19 heavy (non-hydrogen) atoms. The zero-order valence-corrected chi connectivity index (χ0v) is 9.65. The van der Waals surface area contributed by atoms with Crippen LogP contribution in [-0.2, 0) is 0 Å². The van der Waals surface area contributed by atoms with Gasteiger partial charge < -0.3 is 16.2 Å². The van der Waals surface area contributed by atoms with Gasteiger partial charge in [-0.15, -0.1) is 0 Å². The number of hydrogen-bond donors (Lipinski definition) is 3. The number of carboxylic acids is 1. The van der Waals surface area contributed by atoms with Gasteiger partial charge >= 0.3 is 5.97 Å². The van der Waals surface area contributed by atoms with E-state index in [1.807, 2.05) is 0 Å². The van der Waals surface area contributed by atoms with Crippen LogP contribution in [0.4, 0.5) is 25.8 Å². The van der Waals surface area contributed by atoms with Gasteiger partial charge in [0.2, 0.25) is 0 Å². The van der Waals surface area contributed by atoms with Crippen LogP contribution < -0.4 is 11.1 Å². The Hall–Kier alpha value is -2.63. The first kappa shape index (κ1) is 12.8. The number of benzene rings is 2. The first-order chi connectivity index (χ1) is 8.97. The minimum atomic E-state index is -1.40. The highest BCUT2D eigenvalue weighted by atomic mass is 19.1. The summed E-state index contributed by atoms with van der Waals surface area (Å²) in [6, 6.07) is 7.51. The highest BCUT2D eigenvalue weighted by Crippen LogP contribution is 2.26. The molecule has 0 aliphatic rings. The minimum Gasteiger partial charge on any atom is -0.478 e. The summed E-state index contributed by atoms with van der Waals surface area (Å²) in [6.07, 6.45) is 0. The Kier molecular flexibility index (Phi) is 3.33. The smallest absolute Gasteiger partial charge is 0.338 e. The monoisotopic (exact) mass is 264 g/mol. The molecular weight excluding hydrogens is 254 g/mol. The Bertz CT molecular complexity index is 645. The molecule has 0 atom stereocenters. The van der Waals surface area contributed by atoms with Crippen LogP contribution in [0.3, 0.4) is 0 Å². The maximum atomic E-state index is 13.5. The molecular formula is C13H10F2N2O2. The molecule has 0 saturated heterocycles. The molecule has 0 unspecified atom stereocenters. The summed E-state index contributed by atoms with van der Waals surface area (Å²) in [5.74, 6) is -2.77. The quantitative estimate of drug-likeness (QED) is 0.745. The lowest BCUT2D eigenvalue weighted by Crippen LogP contribution is -2.05. The fourth-order valence-electron chi connectivity index (χ4n) is 1.58. The van der Waals surface area contributed by atoms with Crippen molar-refractivity contribution >= 4 is 23.0 Å². The number of carboxylic acid groups (broad SMARTS) is 1. The van der Waals surface area contributed by atoms with Crippen LogP contribution in [0.25, 0.3) is 0 Å². The summed E-state index contributed by atoms with van der Waals surface area (Å²) in [4.78, 5) is 10.7. The summed E-state index contributed by atoms with van der Waals surface area (Å²) >= 11 is 0. The fourth-order valence-corrected chi connectivity index (χ4v) is 1.58. The maximum absolute atomic E-state index is 13.5. The van der Waals surface area contributed by atoms with E-state index in [-0.39, 0.29) is 11.4 Å². The summed E-state index contributed by atoms with van der Waals surface area (Å²) in [6.45, 7) is 0. The molecule has 0 aliphatic heterocycles. The number of nitrogen functional groups attached to an aromatic ring is 1. The van der Waals surface area contributed by atoms with Crippen LogP contribution in [0.5, 0.6) is 0 Å². The average molecular weight is 264 g/mol. The van der Waals surface area contributed by atoms with Gasteiger partial charge in [-0.2, -0.15) is 0 Å². The van der Waals surface area contributed by atoms with Gasteiger partial charge in [-0.3, -0.25) is 0 Å². The second kappa shape index (κ2) is 4.93. The predicted octanol–water partition coefficient (Wildman–Crippen LogP) is 2.99. The van der Waals surface area contributed by atoms with E-state index in [0.29, 0.717) is 5.69 Å². The third kappa shape index (κ3) is 2.79. The van der Waals surface area contributed by atoms with E-state index in [4.69, 9.17) is 10.8 Å². The normalized spacial score (nSPS) is 10.2. The van der Waals surface area contributed by atoms with Crippen LogP contribution in [0.1, 0.15) is 10.4 Å². The Morgan fingerprint density at radius 1 is 1.21 bits per heavy atom. The van der Waals surface area contributed by atoms with E-state index in [1.54, 1.807) is 6.07 Å². The number of nitrogens with one attached hydrogen (secondary N) is 1. The highest BCUT2D eigenvalue weighted by molar-refractivity contribution is 5.91. The average Bonchev–Trinajstić information content (AvgIpc) is 2.33. The molecule has 0 aromatic heterocycles. The molecule has 2 aromatic rings. The standard InChI is InChI=1S/C13H10F2N2O2/c14-7-2-1-3-8(4-7)17-12-6-10(15)9(13(18)19)5-11(12)16/h1-6,17H,16H2,(H,18,19). The Balaban J connectivity index is 2.36. The zero-order chi connectivity index (χ0) is 14.0. The third-order valence-corrected chi connectivity index (χ3v) is 2.47. The topological polar surface area (TPSA) is 75.4 Å². The van der Waals surface area contributed by atoms with Crippen molar-refractivity contribution < 1.29 is 18.7 Å². The lowest BCUT2D eigenvalue weighted by Gasteiger charge is -2.10. The highest BCUT2D eigenvalue weighted by Gasteiger charge is 2.13. The van der Waals surface area contributed by atoms with Crippen molar-refractivity contribution in [1.82, 2.24) is 0 Å². The summed E-state index contributed by atoms with van der Waals surface area (Å²) in [5, 5.41) is 11.5. The number of anilines is 3. The Morgan fingerprint density at radius 2 is 1.95 bits per heavy atom. The van der Waals surface area contributed by atoms with Crippen molar-refractivity contribution in [1.29, 1.82) is 0 Å². The van der Waals surface area contributed by atoms with Crippen molar-refractivity contribution in [3.8, 4) is 0 Å². The molecule has 0 spiro atoms. The van der Waals surface area contributed by atoms with Gasteiger partial charge in [-0.1, -0.05) is 6.07 Å². The van der Waals surface area contributed by atoms with Crippen LogP contribution in [0.15, 0.2) is 36.4 Å². The number of carbonyl (C=O) groups is 1. The van der Waals surface area contributed by atoms with Crippen molar-refractivity contribution in [3.63, 3.8) is 0 Å². The Labute approximate surface area is 107 Å². The van der Waals surface area contributed by atoms with E-state index in [2.05, 4.69) is 5.32 Å². The number of nitrogens with two attached hydrogens (primary N) is 1. The predicted molar refractivity (Wildman–Crippen MR) is 67.5 cm³/mol. The van der Waals surface area contributed by atoms with E-state index >= 15 is 0 Å². The van der Waals surface area contributed by atoms with Crippen molar-refractivity contribution in [2.24, 2.45) is 0 Å². The molecule has 4 N–H and O–H groups in total. The second-order valence-electron chi connectivity index (χ2n) is 3.86. The largest absolute Gasteiger partial charge is 0.478 e. The maximum Gasteiger partial charge on any atom is 0.338 e. The van der Waals surface area contributed by atoms with E-state index in [9.17, 15) is 13.6 Å². The summed E-state index contributed by atoms with van der Waals surface area (Å²) in [7, 11) is 0. The van der Waals surface area contributed by atoms with Gasteiger partial charge in [0.15, 0.2) is 0 Å². The van der Waals surface area contributed by atoms with Crippen molar-refractivity contribution in [2.75, 3.05) is 11.1 Å². The molecule has 0 amide bonds. The summed E-state index contributed by atoms with van der Waals surface area (Å²) in [5.41, 5.74) is 5.73. The SMILES string of the molecule is Nc1cc(C(=O)O)c(F)cc1Nc1cccc(F)c1. The van der Waals surface area contributed by atoms with Gasteiger partial charge in [0.1, 0.15) is 11.6 Å². The van der Waals surface area contributed by atoms with Crippen LogP contribution in [-0.4, -0.2) is 11.1 Å². The number of rotatable bonds is 3. The van der Waals surface area contributed by atoms with E-state index in [0.717, 1.165) is 12.1 Å². The molecule has 6 heteroatoms. The molecule has 0 saturated carbocycles. The zero-order valence-electron chi connectivity index (χ0n) is 9.65. The lowest BCUT2D eigenvalue weighted by atomic mass is 10.1.